The molecule has 4 rings (SSSR count). The molecule has 1 aromatic heterocycles. The van der Waals surface area contributed by atoms with E-state index < -0.39 is 0 Å². The number of rotatable bonds is 7. The molecule has 0 saturated carbocycles. The molecule has 1 heterocycles. The minimum absolute atomic E-state index is 0.265. The molecule has 0 N–H and O–H groups in total. The Morgan fingerprint density at radius 2 is 1.50 bits per heavy atom. The van der Waals surface area contributed by atoms with Gasteiger partial charge in [0.15, 0.2) is 16.1 Å². The monoisotopic (exact) mass is 418 g/mol. The molecule has 4 aromatic rings. The summed E-state index contributed by atoms with van der Waals surface area (Å²) in [7, 11) is 0. The van der Waals surface area contributed by atoms with Crippen LogP contribution >= 0.6 is 12.2 Å². The van der Waals surface area contributed by atoms with Crippen LogP contribution < -0.4 is 0 Å². The van der Waals surface area contributed by atoms with Crippen molar-refractivity contribution in [3.8, 4) is 11.1 Å². The molecule has 0 radical (unpaired) electrons. The highest BCUT2D eigenvalue weighted by molar-refractivity contribution is 7.71. The number of unbranched alkanes of at least 4 members (excludes halogenated alkanes) is 4. The van der Waals surface area contributed by atoms with E-state index in [9.17, 15) is 0 Å². The smallest absolute Gasteiger partial charge is 0.198 e. The topological polar surface area (TPSA) is 13.1 Å². The Balaban J connectivity index is 1.72. The first-order valence-corrected chi connectivity index (χ1v) is 11.2. The van der Waals surface area contributed by atoms with Crippen molar-refractivity contribution in [2.75, 3.05) is 0 Å². The second-order valence-electron chi connectivity index (χ2n) is 8.10. The van der Waals surface area contributed by atoms with E-state index in [-0.39, 0.29) is 11.4 Å². The fourth-order valence-corrected chi connectivity index (χ4v) is 4.29. The Morgan fingerprint density at radius 3 is 2.27 bits per heavy atom. The van der Waals surface area contributed by atoms with E-state index in [1.54, 1.807) is 0 Å². The summed E-state index contributed by atoms with van der Waals surface area (Å²) >= 11 is 5.52. The highest BCUT2D eigenvalue weighted by Gasteiger charge is 2.14. The molecule has 1 nitrogen and oxygen atoms in total. The van der Waals surface area contributed by atoms with Crippen LogP contribution in [0.2, 0.25) is 0 Å². The van der Waals surface area contributed by atoms with Crippen molar-refractivity contribution in [3.05, 3.63) is 76.2 Å². The first kappa shape index (κ1) is 20.7. The van der Waals surface area contributed by atoms with Gasteiger partial charge >= 0.3 is 0 Å². The highest BCUT2D eigenvalue weighted by atomic mass is 32.1. The molecule has 0 bridgehead atoms. The van der Waals surface area contributed by atoms with Gasteiger partial charge in [-0.05, 0) is 60.1 Å². The van der Waals surface area contributed by atoms with Crippen molar-refractivity contribution < 1.29 is 8.81 Å². The molecule has 0 aliphatic heterocycles. The lowest BCUT2D eigenvalue weighted by molar-refractivity contribution is 0.535. The van der Waals surface area contributed by atoms with Crippen molar-refractivity contribution in [2.45, 2.75) is 52.4 Å². The number of hydrogen-bond donors (Lipinski definition) is 0. The van der Waals surface area contributed by atoms with Gasteiger partial charge in [-0.1, -0.05) is 86.7 Å². The van der Waals surface area contributed by atoms with Gasteiger partial charge in [-0.25, -0.2) is 4.39 Å². The zero-order chi connectivity index (χ0) is 21.1. The third-order valence-corrected chi connectivity index (χ3v) is 6.14. The summed E-state index contributed by atoms with van der Waals surface area (Å²) < 4.78 is 21.4. The van der Waals surface area contributed by atoms with Crippen molar-refractivity contribution >= 4 is 34.0 Å². The zero-order valence-electron chi connectivity index (χ0n) is 17.6. The molecule has 0 aliphatic carbocycles. The van der Waals surface area contributed by atoms with Gasteiger partial charge in [0, 0.05) is 10.8 Å². The normalized spacial score (nSPS) is 11.4. The number of halogens is 1. The Morgan fingerprint density at radius 1 is 0.800 bits per heavy atom. The van der Waals surface area contributed by atoms with E-state index in [0.29, 0.717) is 10.3 Å². The van der Waals surface area contributed by atoms with Crippen molar-refractivity contribution in [1.82, 2.24) is 0 Å². The van der Waals surface area contributed by atoms with Crippen LogP contribution in [0.15, 0.2) is 59.0 Å². The SMILES string of the molecule is CCCCCCCc1ccc2c(oc(=S)c3cc(-c4ccc(C)cc4)ccc32)c1F. The zero-order valence-corrected chi connectivity index (χ0v) is 18.4. The maximum absolute atomic E-state index is 15.2. The minimum Gasteiger partial charge on any atom is -0.441 e. The summed E-state index contributed by atoms with van der Waals surface area (Å²) in [6, 6.07) is 18.4. The van der Waals surface area contributed by atoms with Gasteiger partial charge in [-0.15, -0.1) is 0 Å². The van der Waals surface area contributed by atoms with Gasteiger partial charge in [0.1, 0.15) is 0 Å². The molecule has 0 unspecified atom stereocenters. The summed E-state index contributed by atoms with van der Waals surface area (Å²) in [4.78, 5) is 0. The first-order valence-electron chi connectivity index (χ1n) is 10.8. The summed E-state index contributed by atoms with van der Waals surface area (Å²) in [5.41, 5.74) is 4.42. The number of fused-ring (bicyclic) bond motifs is 3. The molecule has 0 atom stereocenters. The maximum Gasteiger partial charge on any atom is 0.198 e. The van der Waals surface area contributed by atoms with Gasteiger partial charge < -0.3 is 4.42 Å². The first-order chi connectivity index (χ1) is 14.6. The third kappa shape index (κ3) is 4.17. The van der Waals surface area contributed by atoms with E-state index in [1.807, 2.05) is 24.3 Å². The largest absolute Gasteiger partial charge is 0.441 e. The molecule has 3 heteroatoms. The van der Waals surface area contributed by atoms with Gasteiger partial charge in [-0.2, -0.15) is 0 Å². The summed E-state index contributed by atoms with van der Waals surface area (Å²) in [5, 5.41) is 2.56. The van der Waals surface area contributed by atoms with E-state index in [4.69, 9.17) is 16.6 Å². The summed E-state index contributed by atoms with van der Waals surface area (Å²) in [5.74, 6) is -0.265. The lowest BCUT2D eigenvalue weighted by atomic mass is 9.98. The minimum atomic E-state index is -0.265. The summed E-state index contributed by atoms with van der Waals surface area (Å²) in [6.07, 6.45) is 6.53. The Hall–Kier alpha value is -2.52. The lowest BCUT2D eigenvalue weighted by Gasteiger charge is -2.10. The van der Waals surface area contributed by atoms with E-state index in [1.165, 1.54) is 24.8 Å². The predicted molar refractivity (Wildman–Crippen MR) is 127 cm³/mol. The van der Waals surface area contributed by atoms with Crippen LogP contribution in [0.25, 0.3) is 32.9 Å². The Kier molecular flexibility index (Phi) is 6.29. The van der Waals surface area contributed by atoms with E-state index in [0.717, 1.165) is 46.5 Å². The fraction of sp³-hybridized carbons (Fsp3) is 0.296. The maximum atomic E-state index is 15.2. The molecule has 0 spiro atoms. The average molecular weight is 419 g/mol. The number of hydrogen-bond acceptors (Lipinski definition) is 2. The van der Waals surface area contributed by atoms with Crippen LogP contribution in [0.1, 0.15) is 50.2 Å². The molecule has 0 fully saturated rings. The highest BCUT2D eigenvalue weighted by Crippen LogP contribution is 2.33. The van der Waals surface area contributed by atoms with Gasteiger partial charge in [0.25, 0.3) is 0 Å². The standard InChI is InChI=1S/C27H27FOS/c1-3-4-5-6-7-8-20-13-16-23-22-15-14-21(19-11-9-18(2)10-12-19)17-24(22)27(30)29-26(23)25(20)28/h9-17H,3-8H2,1-2H3. The van der Waals surface area contributed by atoms with E-state index in [2.05, 4.69) is 44.2 Å². The quantitative estimate of drug-likeness (QED) is 0.169. The number of aryl methyl sites for hydroxylation is 2. The van der Waals surface area contributed by atoms with Gasteiger partial charge in [-0.3, -0.25) is 0 Å². The van der Waals surface area contributed by atoms with Crippen LogP contribution in [0, 0.1) is 17.4 Å². The third-order valence-electron chi connectivity index (χ3n) is 5.84. The van der Waals surface area contributed by atoms with Crippen LogP contribution in [0.5, 0.6) is 0 Å². The average Bonchev–Trinajstić information content (AvgIpc) is 2.76. The van der Waals surface area contributed by atoms with Crippen LogP contribution in [0.3, 0.4) is 0 Å². The second kappa shape index (κ2) is 9.09. The molecule has 0 amide bonds. The Labute approximate surface area is 182 Å². The summed E-state index contributed by atoms with van der Waals surface area (Å²) in [6.45, 7) is 4.27. The van der Waals surface area contributed by atoms with Crippen molar-refractivity contribution in [2.24, 2.45) is 0 Å². The van der Waals surface area contributed by atoms with Crippen LogP contribution in [-0.4, -0.2) is 0 Å². The van der Waals surface area contributed by atoms with Crippen molar-refractivity contribution in [3.63, 3.8) is 0 Å². The fourth-order valence-electron chi connectivity index (χ4n) is 4.04. The van der Waals surface area contributed by atoms with E-state index >= 15 is 4.39 Å². The molecule has 154 valence electrons. The molecular weight excluding hydrogens is 391 g/mol. The predicted octanol–water partition coefficient (Wildman–Crippen LogP) is 8.94. The Bertz CT molecular complexity index is 1240. The molecule has 3 aromatic carbocycles. The van der Waals surface area contributed by atoms with Crippen LogP contribution in [0.4, 0.5) is 4.39 Å². The van der Waals surface area contributed by atoms with Crippen molar-refractivity contribution in [1.29, 1.82) is 0 Å². The van der Waals surface area contributed by atoms with Gasteiger partial charge in [0.05, 0.1) is 0 Å². The molecule has 0 aliphatic rings. The van der Waals surface area contributed by atoms with Gasteiger partial charge in [0.2, 0.25) is 0 Å². The van der Waals surface area contributed by atoms with Crippen LogP contribution in [-0.2, 0) is 6.42 Å². The second-order valence-corrected chi connectivity index (χ2v) is 8.47. The number of benzene rings is 3. The lowest BCUT2D eigenvalue weighted by Crippen LogP contribution is -1.94. The molecular formula is C27H27FOS. The molecule has 0 saturated heterocycles. The molecule has 30 heavy (non-hydrogen) atoms.